The molecule has 0 amide bonds. The van der Waals surface area contributed by atoms with E-state index in [-0.39, 0.29) is 23.8 Å². The zero-order valence-corrected chi connectivity index (χ0v) is 17.6. The Morgan fingerprint density at radius 2 is 1.71 bits per heavy atom. The van der Waals surface area contributed by atoms with Crippen molar-refractivity contribution in [3.8, 4) is 11.1 Å². The number of carbonyl (C=O) groups excluding carboxylic acids is 1. The van der Waals surface area contributed by atoms with Crippen molar-refractivity contribution in [2.24, 2.45) is 5.92 Å². The van der Waals surface area contributed by atoms with Crippen LogP contribution < -0.4 is 5.73 Å². The molecule has 2 aliphatic rings. The van der Waals surface area contributed by atoms with Gasteiger partial charge in [0.1, 0.15) is 11.5 Å². The van der Waals surface area contributed by atoms with Crippen molar-refractivity contribution < 1.29 is 19.1 Å². The summed E-state index contributed by atoms with van der Waals surface area (Å²) in [5.41, 5.74) is 8.73. The summed E-state index contributed by atoms with van der Waals surface area (Å²) >= 11 is 0. The van der Waals surface area contributed by atoms with Crippen molar-refractivity contribution in [3.63, 3.8) is 0 Å². The Hall–Kier alpha value is -3.06. The minimum absolute atomic E-state index is 0.00516. The summed E-state index contributed by atoms with van der Waals surface area (Å²) < 4.78 is 13.1. The standard InChI is InChI=1S/C23H26FN3O.CH2O2/c1-27-18-7-8-19(27)11-14(10-18)12-22(28)23(26)20-9-4-16(13-21(20)25)15-2-5-17(24)6-3-15;2-1-3/h2-6,9,13-14,18-19,26H,7-8,10-12,25H2,1H3;1H,(H,2,3). The highest BCUT2D eigenvalue weighted by Gasteiger charge is 2.39. The number of nitrogens with zero attached hydrogens (tertiary/aromatic N) is 1. The van der Waals surface area contributed by atoms with Gasteiger partial charge in [0, 0.05) is 29.8 Å². The van der Waals surface area contributed by atoms with E-state index in [0.29, 0.717) is 35.7 Å². The largest absolute Gasteiger partial charge is 0.483 e. The highest BCUT2D eigenvalue weighted by atomic mass is 19.1. The molecule has 4 rings (SSSR count). The van der Waals surface area contributed by atoms with Gasteiger partial charge in [-0.2, -0.15) is 0 Å². The monoisotopic (exact) mass is 425 g/mol. The molecule has 2 aliphatic heterocycles. The lowest BCUT2D eigenvalue weighted by atomic mass is 9.85. The van der Waals surface area contributed by atoms with Crippen molar-refractivity contribution in [1.29, 1.82) is 5.41 Å². The van der Waals surface area contributed by atoms with Crippen LogP contribution in [0.15, 0.2) is 42.5 Å². The van der Waals surface area contributed by atoms with Gasteiger partial charge in [-0.3, -0.25) is 15.0 Å². The average Bonchev–Trinajstić information content (AvgIpc) is 2.95. The highest BCUT2D eigenvalue weighted by molar-refractivity contribution is 6.46. The number of Topliss-reactive ketones (excluding diaryl/α,β-unsaturated/α-hetero) is 1. The number of carbonyl (C=O) groups is 2. The second kappa shape index (κ2) is 9.83. The van der Waals surface area contributed by atoms with E-state index < -0.39 is 0 Å². The first-order valence-corrected chi connectivity index (χ1v) is 10.4. The molecule has 2 aromatic carbocycles. The highest BCUT2D eigenvalue weighted by Crippen LogP contribution is 2.39. The van der Waals surface area contributed by atoms with Crippen LogP contribution in [0.5, 0.6) is 0 Å². The van der Waals surface area contributed by atoms with Gasteiger partial charge < -0.3 is 15.7 Å². The molecule has 2 bridgehead atoms. The molecule has 0 spiro atoms. The molecule has 0 radical (unpaired) electrons. The molecule has 6 nitrogen and oxygen atoms in total. The van der Waals surface area contributed by atoms with Gasteiger partial charge in [-0.25, -0.2) is 4.39 Å². The summed E-state index contributed by atoms with van der Waals surface area (Å²) in [6, 6.07) is 12.7. The topological polar surface area (TPSA) is 107 Å². The van der Waals surface area contributed by atoms with E-state index in [0.717, 1.165) is 24.0 Å². The summed E-state index contributed by atoms with van der Waals surface area (Å²) in [5, 5.41) is 15.3. The van der Waals surface area contributed by atoms with Crippen molar-refractivity contribution in [2.75, 3.05) is 12.8 Å². The minimum Gasteiger partial charge on any atom is -0.483 e. The van der Waals surface area contributed by atoms with E-state index >= 15 is 0 Å². The number of nitrogen functional groups attached to an aromatic ring is 1. The average molecular weight is 426 g/mol. The number of hydrogen-bond acceptors (Lipinski definition) is 5. The molecule has 2 fully saturated rings. The van der Waals surface area contributed by atoms with Gasteiger partial charge >= 0.3 is 0 Å². The Kier molecular flexibility index (Phi) is 7.17. The zero-order chi connectivity index (χ0) is 22.5. The lowest BCUT2D eigenvalue weighted by Gasteiger charge is -2.36. The first-order valence-electron chi connectivity index (χ1n) is 10.4. The van der Waals surface area contributed by atoms with Crippen molar-refractivity contribution in [3.05, 3.63) is 53.8 Å². The summed E-state index contributed by atoms with van der Waals surface area (Å²) in [6.45, 7) is -0.250. The summed E-state index contributed by atoms with van der Waals surface area (Å²) in [5.74, 6) is -0.0560. The Morgan fingerprint density at radius 1 is 1.16 bits per heavy atom. The molecule has 31 heavy (non-hydrogen) atoms. The van der Waals surface area contributed by atoms with Gasteiger partial charge in [-0.15, -0.1) is 0 Å². The maximum Gasteiger partial charge on any atom is 0.290 e. The van der Waals surface area contributed by atoms with Crippen LogP contribution >= 0.6 is 0 Å². The van der Waals surface area contributed by atoms with Crippen LogP contribution in [-0.2, 0) is 9.59 Å². The van der Waals surface area contributed by atoms with Gasteiger partial charge in [-0.1, -0.05) is 24.3 Å². The smallest absolute Gasteiger partial charge is 0.290 e. The third kappa shape index (κ3) is 5.17. The Balaban J connectivity index is 0.000000858. The molecule has 0 aliphatic carbocycles. The molecule has 2 heterocycles. The molecule has 2 saturated heterocycles. The molecule has 0 aromatic heterocycles. The van der Waals surface area contributed by atoms with E-state index in [1.54, 1.807) is 24.3 Å². The molecular weight excluding hydrogens is 397 g/mol. The third-order valence-corrected chi connectivity index (χ3v) is 6.45. The third-order valence-electron chi connectivity index (χ3n) is 6.45. The molecule has 7 heteroatoms. The number of nitrogens with two attached hydrogens (primary N) is 1. The fourth-order valence-electron chi connectivity index (χ4n) is 4.82. The van der Waals surface area contributed by atoms with Crippen LogP contribution in [0, 0.1) is 17.1 Å². The number of fused-ring (bicyclic) bond motifs is 2. The van der Waals surface area contributed by atoms with Gasteiger partial charge in [-0.05, 0) is 68.0 Å². The predicted molar refractivity (Wildman–Crippen MR) is 119 cm³/mol. The van der Waals surface area contributed by atoms with E-state index in [2.05, 4.69) is 11.9 Å². The lowest BCUT2D eigenvalue weighted by molar-refractivity contribution is -0.123. The molecule has 2 unspecified atom stereocenters. The van der Waals surface area contributed by atoms with Crippen molar-refractivity contribution in [2.45, 2.75) is 44.2 Å². The maximum absolute atomic E-state index is 13.1. The Labute approximate surface area is 181 Å². The van der Waals surface area contributed by atoms with Crippen LogP contribution in [0.4, 0.5) is 10.1 Å². The van der Waals surface area contributed by atoms with Crippen molar-refractivity contribution >= 4 is 23.7 Å². The van der Waals surface area contributed by atoms with Crippen LogP contribution in [0.2, 0.25) is 0 Å². The van der Waals surface area contributed by atoms with Crippen LogP contribution in [-0.4, -0.2) is 47.1 Å². The Bertz CT molecular complexity index is 947. The molecule has 4 N–H and O–H groups in total. The second-order valence-electron chi connectivity index (χ2n) is 8.30. The number of hydrogen-bond donors (Lipinski definition) is 3. The number of nitrogens with one attached hydrogen (secondary N) is 1. The lowest BCUT2D eigenvalue weighted by Crippen LogP contribution is -2.40. The number of ketones is 1. The van der Waals surface area contributed by atoms with E-state index in [1.165, 1.54) is 25.0 Å². The van der Waals surface area contributed by atoms with Gasteiger partial charge in [0.2, 0.25) is 0 Å². The van der Waals surface area contributed by atoms with Crippen LogP contribution in [0.1, 0.15) is 37.7 Å². The number of piperidine rings is 1. The fourth-order valence-corrected chi connectivity index (χ4v) is 4.82. The second-order valence-corrected chi connectivity index (χ2v) is 8.30. The maximum atomic E-state index is 13.1. The van der Waals surface area contributed by atoms with Gasteiger partial charge in [0.15, 0.2) is 5.78 Å². The van der Waals surface area contributed by atoms with E-state index in [1.807, 2.05) is 6.07 Å². The molecule has 164 valence electrons. The van der Waals surface area contributed by atoms with Gasteiger partial charge in [0.25, 0.3) is 6.47 Å². The van der Waals surface area contributed by atoms with Crippen LogP contribution in [0.3, 0.4) is 0 Å². The zero-order valence-electron chi connectivity index (χ0n) is 17.6. The summed E-state index contributed by atoms with van der Waals surface area (Å²) in [7, 11) is 2.19. The predicted octanol–water partition coefficient (Wildman–Crippen LogP) is 3.98. The Morgan fingerprint density at radius 3 is 2.26 bits per heavy atom. The first kappa shape index (κ1) is 22.6. The number of benzene rings is 2. The number of rotatable bonds is 5. The quantitative estimate of drug-likeness (QED) is 0.382. The minimum atomic E-state index is -0.289. The molecule has 2 aromatic rings. The normalized spacial score (nSPS) is 22.3. The summed E-state index contributed by atoms with van der Waals surface area (Å²) in [4.78, 5) is 23.6. The number of carboxylic acid groups (broad SMARTS) is 1. The van der Waals surface area contributed by atoms with Gasteiger partial charge in [0.05, 0.1) is 0 Å². The number of halogens is 1. The molecular formula is C24H28FN3O3. The fraction of sp³-hybridized carbons (Fsp3) is 0.375. The number of anilines is 1. The molecule has 0 saturated carbocycles. The van der Waals surface area contributed by atoms with E-state index in [9.17, 15) is 9.18 Å². The molecule has 2 atom stereocenters. The van der Waals surface area contributed by atoms with Crippen LogP contribution in [0.25, 0.3) is 11.1 Å². The van der Waals surface area contributed by atoms with Crippen molar-refractivity contribution in [1.82, 2.24) is 4.90 Å². The van der Waals surface area contributed by atoms with E-state index in [4.69, 9.17) is 21.0 Å². The SMILES string of the molecule is CN1C2CCC1CC(CC(=O)C(=N)c1ccc(-c3ccc(F)cc3)cc1N)C2.O=CO. The first-order chi connectivity index (χ1) is 14.8. The summed E-state index contributed by atoms with van der Waals surface area (Å²) in [6.07, 6.45) is 4.97.